The highest BCUT2D eigenvalue weighted by atomic mass is 16.5. The molecular formula is C18H19N3O2. The van der Waals surface area contributed by atoms with E-state index in [2.05, 4.69) is 16.0 Å². The van der Waals surface area contributed by atoms with Crippen molar-refractivity contribution in [2.24, 2.45) is 0 Å². The van der Waals surface area contributed by atoms with E-state index >= 15 is 0 Å². The molecular weight excluding hydrogens is 290 g/mol. The van der Waals surface area contributed by atoms with E-state index in [-0.39, 0.29) is 0 Å². The molecule has 0 atom stereocenters. The van der Waals surface area contributed by atoms with Gasteiger partial charge in [-0.15, -0.1) is 0 Å². The third kappa shape index (κ3) is 3.24. The number of hydrogen-bond acceptors (Lipinski definition) is 4. The van der Waals surface area contributed by atoms with Crippen LogP contribution in [-0.4, -0.2) is 28.3 Å². The molecule has 0 saturated carbocycles. The van der Waals surface area contributed by atoms with Crippen LogP contribution >= 0.6 is 0 Å². The molecule has 1 aromatic carbocycles. The summed E-state index contributed by atoms with van der Waals surface area (Å²) in [5.74, 6) is 1.68. The van der Waals surface area contributed by atoms with Gasteiger partial charge in [0.2, 0.25) is 0 Å². The zero-order valence-electron chi connectivity index (χ0n) is 13.3. The van der Waals surface area contributed by atoms with E-state index in [1.165, 1.54) is 0 Å². The Balaban J connectivity index is 2.01. The molecule has 0 amide bonds. The molecule has 0 saturated heterocycles. The average Bonchev–Trinajstić information content (AvgIpc) is 3.10. The Morgan fingerprint density at radius 3 is 2.83 bits per heavy atom. The number of benzene rings is 1. The molecule has 2 aromatic heterocycles. The van der Waals surface area contributed by atoms with E-state index in [4.69, 9.17) is 9.47 Å². The molecule has 5 nitrogen and oxygen atoms in total. The van der Waals surface area contributed by atoms with E-state index in [0.29, 0.717) is 13.2 Å². The summed E-state index contributed by atoms with van der Waals surface area (Å²) in [5, 5.41) is 0. The predicted octanol–water partition coefficient (Wildman–Crippen LogP) is 3.48. The molecule has 0 aliphatic rings. The molecule has 0 radical (unpaired) electrons. The Labute approximate surface area is 135 Å². The normalized spacial score (nSPS) is 10.7. The number of hydrogen-bond donors (Lipinski definition) is 0. The van der Waals surface area contributed by atoms with Crippen LogP contribution in [0.25, 0.3) is 17.1 Å². The van der Waals surface area contributed by atoms with Crippen molar-refractivity contribution in [2.75, 3.05) is 13.7 Å². The summed E-state index contributed by atoms with van der Waals surface area (Å²) in [6, 6.07) is 9.93. The van der Waals surface area contributed by atoms with Crippen LogP contribution in [0.5, 0.6) is 5.75 Å². The molecule has 0 fully saturated rings. The highest BCUT2D eigenvalue weighted by molar-refractivity contribution is 5.61. The van der Waals surface area contributed by atoms with E-state index in [0.717, 1.165) is 28.4 Å². The Kier molecular flexibility index (Phi) is 4.68. The standard InChI is InChI=1S/C18H19N3O2/c1-3-23-13-15-11-14(6-7-17(15)22-2)18-20-9-10-21(18)16-5-4-8-19-12-16/h4-12H,3,13H2,1-2H3. The van der Waals surface area contributed by atoms with Gasteiger partial charge in [0.15, 0.2) is 0 Å². The molecule has 0 spiro atoms. The zero-order chi connectivity index (χ0) is 16.1. The van der Waals surface area contributed by atoms with Gasteiger partial charge in [-0.1, -0.05) is 0 Å². The highest BCUT2D eigenvalue weighted by Gasteiger charge is 2.11. The summed E-state index contributed by atoms with van der Waals surface area (Å²) in [6.45, 7) is 3.16. The van der Waals surface area contributed by atoms with Gasteiger partial charge in [-0.05, 0) is 37.3 Å². The second kappa shape index (κ2) is 7.07. The van der Waals surface area contributed by atoms with E-state index in [1.54, 1.807) is 19.5 Å². The Morgan fingerprint density at radius 1 is 1.17 bits per heavy atom. The Morgan fingerprint density at radius 2 is 2.09 bits per heavy atom. The first-order chi connectivity index (χ1) is 11.3. The van der Waals surface area contributed by atoms with E-state index in [1.807, 2.05) is 48.1 Å². The van der Waals surface area contributed by atoms with E-state index < -0.39 is 0 Å². The Bertz CT molecular complexity index is 769. The molecule has 0 N–H and O–H groups in total. The van der Waals surface area contributed by atoms with Crippen molar-refractivity contribution >= 4 is 0 Å². The molecule has 0 aliphatic heterocycles. The van der Waals surface area contributed by atoms with Gasteiger partial charge < -0.3 is 9.47 Å². The number of aromatic nitrogens is 3. The van der Waals surface area contributed by atoms with Gasteiger partial charge in [-0.2, -0.15) is 0 Å². The number of nitrogens with zero attached hydrogens (tertiary/aromatic N) is 3. The Hall–Kier alpha value is -2.66. The smallest absolute Gasteiger partial charge is 0.144 e. The van der Waals surface area contributed by atoms with Crippen molar-refractivity contribution in [1.82, 2.24) is 14.5 Å². The maximum absolute atomic E-state index is 5.53. The summed E-state index contributed by atoms with van der Waals surface area (Å²) in [7, 11) is 1.67. The lowest BCUT2D eigenvalue weighted by Gasteiger charge is -2.12. The van der Waals surface area contributed by atoms with Gasteiger partial charge in [0, 0.05) is 36.3 Å². The van der Waals surface area contributed by atoms with Gasteiger partial charge in [0.1, 0.15) is 11.6 Å². The van der Waals surface area contributed by atoms with Crippen molar-refractivity contribution in [2.45, 2.75) is 13.5 Å². The number of pyridine rings is 1. The summed E-state index contributed by atoms with van der Waals surface area (Å²) < 4.78 is 13.0. The monoisotopic (exact) mass is 309 g/mol. The molecule has 0 aliphatic carbocycles. The third-order valence-corrected chi connectivity index (χ3v) is 3.57. The van der Waals surface area contributed by atoms with Crippen LogP contribution in [0.1, 0.15) is 12.5 Å². The molecule has 2 heterocycles. The van der Waals surface area contributed by atoms with Crippen LogP contribution in [0.2, 0.25) is 0 Å². The molecule has 0 unspecified atom stereocenters. The molecule has 5 heteroatoms. The second-order valence-corrected chi connectivity index (χ2v) is 5.00. The fourth-order valence-electron chi connectivity index (χ4n) is 2.46. The lowest BCUT2D eigenvalue weighted by molar-refractivity contribution is 0.132. The zero-order valence-corrected chi connectivity index (χ0v) is 13.3. The quantitative estimate of drug-likeness (QED) is 0.699. The first kappa shape index (κ1) is 15.2. The maximum atomic E-state index is 5.53. The number of methoxy groups -OCH3 is 1. The topological polar surface area (TPSA) is 49.2 Å². The lowest BCUT2D eigenvalue weighted by Crippen LogP contribution is -2.00. The van der Waals surface area contributed by atoms with Gasteiger partial charge in [0.25, 0.3) is 0 Å². The highest BCUT2D eigenvalue weighted by Crippen LogP contribution is 2.27. The molecule has 3 rings (SSSR count). The number of ether oxygens (including phenoxy) is 2. The minimum absolute atomic E-state index is 0.515. The van der Waals surface area contributed by atoms with Crippen LogP contribution in [0.4, 0.5) is 0 Å². The number of imidazole rings is 1. The van der Waals surface area contributed by atoms with Crippen LogP contribution < -0.4 is 4.74 Å². The SMILES string of the molecule is CCOCc1cc(-c2nccn2-c2cccnc2)ccc1OC. The van der Waals surface area contributed by atoms with Gasteiger partial charge in [0.05, 0.1) is 25.6 Å². The summed E-state index contributed by atoms with van der Waals surface area (Å²) in [4.78, 5) is 8.67. The minimum atomic E-state index is 0.515. The van der Waals surface area contributed by atoms with Crippen molar-refractivity contribution in [3.8, 4) is 22.8 Å². The van der Waals surface area contributed by atoms with Crippen molar-refractivity contribution < 1.29 is 9.47 Å². The molecule has 23 heavy (non-hydrogen) atoms. The summed E-state index contributed by atoms with van der Waals surface area (Å²) in [5.41, 5.74) is 2.99. The van der Waals surface area contributed by atoms with Crippen molar-refractivity contribution in [1.29, 1.82) is 0 Å². The van der Waals surface area contributed by atoms with Gasteiger partial charge >= 0.3 is 0 Å². The number of rotatable bonds is 6. The largest absolute Gasteiger partial charge is 0.496 e. The minimum Gasteiger partial charge on any atom is -0.496 e. The molecule has 118 valence electrons. The van der Waals surface area contributed by atoms with Crippen LogP contribution in [-0.2, 0) is 11.3 Å². The first-order valence-electron chi connectivity index (χ1n) is 7.52. The van der Waals surface area contributed by atoms with Crippen LogP contribution in [0, 0.1) is 0 Å². The lowest BCUT2D eigenvalue weighted by atomic mass is 10.1. The van der Waals surface area contributed by atoms with E-state index in [9.17, 15) is 0 Å². The fourth-order valence-corrected chi connectivity index (χ4v) is 2.46. The molecule has 3 aromatic rings. The fraction of sp³-hybridized carbons (Fsp3) is 0.222. The van der Waals surface area contributed by atoms with Crippen molar-refractivity contribution in [3.63, 3.8) is 0 Å². The third-order valence-electron chi connectivity index (χ3n) is 3.57. The second-order valence-electron chi connectivity index (χ2n) is 5.00. The van der Waals surface area contributed by atoms with Gasteiger partial charge in [-0.3, -0.25) is 9.55 Å². The van der Waals surface area contributed by atoms with Gasteiger partial charge in [-0.25, -0.2) is 4.98 Å². The average molecular weight is 309 g/mol. The van der Waals surface area contributed by atoms with Crippen molar-refractivity contribution in [3.05, 3.63) is 60.7 Å². The summed E-state index contributed by atoms with van der Waals surface area (Å²) >= 11 is 0. The predicted molar refractivity (Wildman–Crippen MR) is 88.7 cm³/mol. The summed E-state index contributed by atoms with van der Waals surface area (Å²) in [6.07, 6.45) is 7.29. The van der Waals surface area contributed by atoms with Crippen LogP contribution in [0.3, 0.4) is 0 Å². The van der Waals surface area contributed by atoms with Crippen LogP contribution in [0.15, 0.2) is 55.1 Å². The maximum Gasteiger partial charge on any atom is 0.144 e. The first-order valence-corrected chi connectivity index (χ1v) is 7.52. The molecule has 0 bridgehead atoms.